The molecule has 0 radical (unpaired) electrons. The van der Waals surface area contributed by atoms with Gasteiger partial charge in [0.2, 0.25) is 0 Å². The Kier molecular flexibility index (Phi) is 4.35. The summed E-state index contributed by atoms with van der Waals surface area (Å²) in [6, 6.07) is 9.45. The molecule has 0 atom stereocenters. The first-order valence-corrected chi connectivity index (χ1v) is 7.49. The van der Waals surface area contributed by atoms with Gasteiger partial charge in [0, 0.05) is 12.1 Å². The molecule has 1 aromatic heterocycles. The third-order valence-electron chi connectivity index (χ3n) is 3.75. The zero-order valence-corrected chi connectivity index (χ0v) is 12.9. The molecule has 1 heterocycles. The second kappa shape index (κ2) is 6.46. The van der Waals surface area contributed by atoms with Gasteiger partial charge < -0.3 is 15.3 Å². The van der Waals surface area contributed by atoms with E-state index in [0.29, 0.717) is 24.0 Å². The molecule has 0 spiro atoms. The topological polar surface area (TPSA) is 77.8 Å². The Balaban J connectivity index is 1.59. The van der Waals surface area contributed by atoms with E-state index in [1.807, 2.05) is 6.07 Å². The molecule has 0 fully saturated rings. The van der Waals surface area contributed by atoms with Gasteiger partial charge in [-0.15, -0.1) is 0 Å². The molecule has 3 N–H and O–H groups in total. The fourth-order valence-corrected chi connectivity index (χ4v) is 2.47. The number of amides is 1. The van der Waals surface area contributed by atoms with E-state index in [1.54, 1.807) is 12.1 Å². The normalized spacial score (nSPS) is 11.6. The largest absolute Gasteiger partial charge is 0.416 e. The van der Waals surface area contributed by atoms with Crippen LogP contribution >= 0.6 is 0 Å². The lowest BCUT2D eigenvalue weighted by atomic mass is 10.1. The number of aromatic nitrogens is 2. The van der Waals surface area contributed by atoms with E-state index in [2.05, 4.69) is 15.3 Å². The molecular formula is C17H14F3N3O2. The maximum atomic E-state index is 12.5. The molecule has 0 aliphatic heterocycles. The molecule has 0 unspecified atom stereocenters. The average molecular weight is 349 g/mol. The SMILES string of the molecule is O=C(NCCc1ccc2[nH]c(=O)[nH]c2c1)c1ccc(C(F)(F)F)cc1. The number of H-pyrrole nitrogens is 2. The number of benzene rings is 2. The number of halogens is 3. The van der Waals surface area contributed by atoms with Crippen molar-refractivity contribution in [1.29, 1.82) is 0 Å². The summed E-state index contributed by atoms with van der Waals surface area (Å²) in [6.07, 6.45) is -3.90. The Morgan fingerprint density at radius 3 is 2.36 bits per heavy atom. The second-order valence-corrected chi connectivity index (χ2v) is 5.54. The fourth-order valence-electron chi connectivity index (χ4n) is 2.47. The van der Waals surface area contributed by atoms with Crippen LogP contribution in [-0.4, -0.2) is 22.4 Å². The summed E-state index contributed by atoms with van der Waals surface area (Å²) in [5.74, 6) is -0.440. The number of rotatable bonds is 4. The highest BCUT2D eigenvalue weighted by Crippen LogP contribution is 2.29. The molecule has 0 saturated heterocycles. The van der Waals surface area contributed by atoms with Crippen LogP contribution in [0.3, 0.4) is 0 Å². The minimum Gasteiger partial charge on any atom is -0.352 e. The highest BCUT2D eigenvalue weighted by molar-refractivity contribution is 5.94. The summed E-state index contributed by atoms with van der Waals surface area (Å²) >= 11 is 0. The van der Waals surface area contributed by atoms with Gasteiger partial charge in [-0.1, -0.05) is 6.07 Å². The first-order valence-electron chi connectivity index (χ1n) is 7.49. The fraction of sp³-hybridized carbons (Fsp3) is 0.176. The Hall–Kier alpha value is -3.03. The highest BCUT2D eigenvalue weighted by Gasteiger charge is 2.30. The lowest BCUT2D eigenvalue weighted by molar-refractivity contribution is -0.137. The van der Waals surface area contributed by atoms with Crippen LogP contribution in [0.15, 0.2) is 47.3 Å². The highest BCUT2D eigenvalue weighted by atomic mass is 19.4. The molecule has 3 aromatic rings. The zero-order valence-electron chi connectivity index (χ0n) is 12.9. The van der Waals surface area contributed by atoms with Gasteiger partial charge in [0.25, 0.3) is 5.91 Å². The Labute approximate surface area is 139 Å². The lowest BCUT2D eigenvalue weighted by Crippen LogP contribution is -2.25. The van der Waals surface area contributed by atoms with Crippen LogP contribution in [0.2, 0.25) is 0 Å². The molecular weight excluding hydrogens is 335 g/mol. The van der Waals surface area contributed by atoms with Crippen molar-refractivity contribution in [2.45, 2.75) is 12.6 Å². The molecule has 0 saturated carbocycles. The molecule has 2 aromatic carbocycles. The van der Waals surface area contributed by atoms with Crippen LogP contribution in [0.25, 0.3) is 11.0 Å². The van der Waals surface area contributed by atoms with Crippen LogP contribution in [0.5, 0.6) is 0 Å². The molecule has 5 nitrogen and oxygen atoms in total. The van der Waals surface area contributed by atoms with E-state index in [4.69, 9.17) is 0 Å². The van der Waals surface area contributed by atoms with Crippen molar-refractivity contribution < 1.29 is 18.0 Å². The summed E-state index contributed by atoms with van der Waals surface area (Å²) in [4.78, 5) is 28.5. The number of nitrogens with one attached hydrogen (secondary N) is 3. The van der Waals surface area contributed by atoms with Crippen LogP contribution in [0.1, 0.15) is 21.5 Å². The first-order chi connectivity index (χ1) is 11.8. The monoisotopic (exact) mass is 349 g/mol. The zero-order chi connectivity index (χ0) is 18.0. The molecule has 8 heteroatoms. The predicted octanol–water partition coefficient (Wildman–Crippen LogP) is 2.85. The maximum absolute atomic E-state index is 12.5. The van der Waals surface area contributed by atoms with E-state index in [-0.39, 0.29) is 11.3 Å². The maximum Gasteiger partial charge on any atom is 0.416 e. The third-order valence-corrected chi connectivity index (χ3v) is 3.75. The minimum atomic E-state index is -4.42. The molecule has 130 valence electrons. The van der Waals surface area contributed by atoms with Gasteiger partial charge in [-0.2, -0.15) is 13.2 Å². The molecule has 1 amide bonds. The van der Waals surface area contributed by atoms with Gasteiger partial charge in [0.1, 0.15) is 0 Å². The minimum absolute atomic E-state index is 0.165. The van der Waals surface area contributed by atoms with Crippen molar-refractivity contribution in [3.63, 3.8) is 0 Å². The van der Waals surface area contributed by atoms with Gasteiger partial charge in [0.15, 0.2) is 0 Å². The molecule has 0 bridgehead atoms. The van der Waals surface area contributed by atoms with Crippen LogP contribution in [0, 0.1) is 0 Å². The molecule has 0 aliphatic carbocycles. The Bertz CT molecular complexity index is 956. The smallest absolute Gasteiger partial charge is 0.352 e. The average Bonchev–Trinajstić information content (AvgIpc) is 2.93. The molecule has 3 rings (SSSR count). The van der Waals surface area contributed by atoms with Crippen LogP contribution in [-0.2, 0) is 12.6 Å². The van der Waals surface area contributed by atoms with Crippen molar-refractivity contribution in [3.8, 4) is 0 Å². The van der Waals surface area contributed by atoms with Crippen molar-refractivity contribution >= 4 is 16.9 Å². The van der Waals surface area contributed by atoms with Crippen LogP contribution < -0.4 is 11.0 Å². The van der Waals surface area contributed by atoms with Gasteiger partial charge in [-0.05, 0) is 48.4 Å². The number of imidazole rings is 1. The van der Waals surface area contributed by atoms with Crippen molar-refractivity contribution in [2.75, 3.05) is 6.54 Å². The van der Waals surface area contributed by atoms with Crippen molar-refractivity contribution in [1.82, 2.24) is 15.3 Å². The van der Waals surface area contributed by atoms with Gasteiger partial charge in [-0.3, -0.25) is 4.79 Å². The van der Waals surface area contributed by atoms with Crippen molar-refractivity contribution in [3.05, 3.63) is 69.6 Å². The van der Waals surface area contributed by atoms with E-state index in [9.17, 15) is 22.8 Å². The van der Waals surface area contributed by atoms with Gasteiger partial charge >= 0.3 is 11.9 Å². The standard InChI is InChI=1S/C17H14F3N3O2/c18-17(19,20)12-4-2-11(3-5-12)15(24)21-8-7-10-1-6-13-14(9-10)23-16(25)22-13/h1-6,9H,7-8H2,(H,21,24)(H2,22,23,25). The summed E-state index contributed by atoms with van der Waals surface area (Å²) in [7, 11) is 0. The van der Waals surface area contributed by atoms with E-state index in [0.717, 1.165) is 29.8 Å². The van der Waals surface area contributed by atoms with Crippen molar-refractivity contribution in [2.24, 2.45) is 0 Å². The number of carbonyl (C=O) groups excluding carboxylic acids is 1. The van der Waals surface area contributed by atoms with Gasteiger partial charge in [-0.25, -0.2) is 4.79 Å². The Morgan fingerprint density at radius 2 is 1.68 bits per heavy atom. The lowest BCUT2D eigenvalue weighted by Gasteiger charge is -2.08. The van der Waals surface area contributed by atoms with E-state index in [1.165, 1.54) is 0 Å². The number of fused-ring (bicyclic) bond motifs is 1. The summed E-state index contributed by atoms with van der Waals surface area (Å²) < 4.78 is 37.5. The Morgan fingerprint density at radius 1 is 1.00 bits per heavy atom. The predicted molar refractivity (Wildman–Crippen MR) is 86.4 cm³/mol. The number of aromatic amines is 2. The molecule has 25 heavy (non-hydrogen) atoms. The molecule has 0 aliphatic rings. The first kappa shape index (κ1) is 16.8. The number of hydrogen-bond acceptors (Lipinski definition) is 2. The summed E-state index contributed by atoms with van der Waals surface area (Å²) in [5.41, 5.74) is 1.37. The third kappa shape index (κ3) is 3.90. The number of hydrogen-bond donors (Lipinski definition) is 3. The van der Waals surface area contributed by atoms with E-state index < -0.39 is 17.6 Å². The quantitative estimate of drug-likeness (QED) is 0.677. The number of carbonyl (C=O) groups is 1. The summed E-state index contributed by atoms with van der Waals surface area (Å²) in [6.45, 7) is 0.319. The van der Waals surface area contributed by atoms with Crippen LogP contribution in [0.4, 0.5) is 13.2 Å². The number of alkyl halides is 3. The summed E-state index contributed by atoms with van der Waals surface area (Å²) in [5, 5.41) is 2.66. The van der Waals surface area contributed by atoms with E-state index >= 15 is 0 Å². The second-order valence-electron chi connectivity index (χ2n) is 5.54. The van der Waals surface area contributed by atoms with Gasteiger partial charge in [0.05, 0.1) is 16.6 Å².